The van der Waals surface area contributed by atoms with Gasteiger partial charge in [0.15, 0.2) is 0 Å². The fourth-order valence-electron chi connectivity index (χ4n) is 4.53. The summed E-state index contributed by atoms with van der Waals surface area (Å²) in [6, 6.07) is 0. The van der Waals surface area contributed by atoms with Crippen LogP contribution in [0.25, 0.3) is 0 Å². The molecule has 0 aromatic rings. The lowest BCUT2D eigenvalue weighted by Gasteiger charge is -2.18. The minimum atomic E-state index is -4.07. The molecule has 0 saturated heterocycles. The fourth-order valence-corrected chi connectivity index (χ4v) is 5.37. The molecule has 2 unspecified atom stereocenters. The Labute approximate surface area is 223 Å². The normalized spacial score (nSPS) is 14.1. The van der Waals surface area contributed by atoms with Gasteiger partial charge in [-0.2, -0.15) is 0 Å². The van der Waals surface area contributed by atoms with E-state index in [1.54, 1.807) is 0 Å². The lowest BCUT2D eigenvalue weighted by molar-refractivity contribution is -0.120. The van der Waals surface area contributed by atoms with Crippen molar-refractivity contribution < 1.29 is 23.3 Å². The highest BCUT2D eigenvalue weighted by Crippen LogP contribution is 2.44. The number of phosphoric ester groups is 1. The Hall–Kier alpha value is -0.260. The van der Waals surface area contributed by atoms with Crippen LogP contribution in [0.4, 0.5) is 0 Å². The highest BCUT2D eigenvalue weighted by molar-refractivity contribution is 7.47. The predicted molar refractivity (Wildman–Crippen MR) is 152 cm³/mol. The van der Waals surface area contributed by atoms with Gasteiger partial charge in [0.1, 0.15) is 5.78 Å². The van der Waals surface area contributed by atoms with Gasteiger partial charge in [0.2, 0.25) is 0 Å². The molecule has 0 amide bonds. The smallest absolute Gasteiger partial charge is 0.330 e. The largest absolute Gasteiger partial charge is 0.472 e. The van der Waals surface area contributed by atoms with Gasteiger partial charge < -0.3 is 10.6 Å². The maximum absolute atomic E-state index is 12.1. The molecule has 0 fully saturated rings. The first-order chi connectivity index (χ1) is 17.4. The first-order valence-electron chi connectivity index (χ1n) is 15.3. The summed E-state index contributed by atoms with van der Waals surface area (Å²) in [4.78, 5) is 21.8. The van der Waals surface area contributed by atoms with Crippen LogP contribution in [0.2, 0.25) is 0 Å². The Kier molecular flexibility index (Phi) is 26.2. The Bertz CT molecular complexity index is 532. The summed E-state index contributed by atoms with van der Waals surface area (Å²) in [6.07, 6.45) is 25.8. The summed E-state index contributed by atoms with van der Waals surface area (Å²) < 4.78 is 22.3. The number of phosphoric acid groups is 1. The molecule has 0 radical (unpaired) electrons. The van der Waals surface area contributed by atoms with Crippen LogP contribution in [-0.2, 0) is 18.4 Å². The van der Waals surface area contributed by atoms with Gasteiger partial charge in [-0.15, -0.1) is 0 Å². The molecular formula is C29H60NO5P. The molecule has 0 rings (SSSR count). The maximum Gasteiger partial charge on any atom is 0.472 e. The van der Waals surface area contributed by atoms with E-state index in [0.29, 0.717) is 25.8 Å². The summed E-state index contributed by atoms with van der Waals surface area (Å²) >= 11 is 0. The van der Waals surface area contributed by atoms with Crippen molar-refractivity contribution in [1.29, 1.82) is 0 Å². The quantitative estimate of drug-likeness (QED) is 0.0735. The highest BCUT2D eigenvalue weighted by Gasteiger charge is 2.24. The van der Waals surface area contributed by atoms with Crippen molar-refractivity contribution in [1.82, 2.24) is 0 Å². The zero-order chi connectivity index (χ0) is 26.7. The average Bonchev–Trinajstić information content (AvgIpc) is 2.86. The van der Waals surface area contributed by atoms with E-state index < -0.39 is 7.82 Å². The zero-order valence-corrected chi connectivity index (χ0v) is 24.8. The second-order valence-corrected chi connectivity index (χ2v) is 12.0. The summed E-state index contributed by atoms with van der Waals surface area (Å²) in [5.41, 5.74) is 5.42. The van der Waals surface area contributed by atoms with Gasteiger partial charge in [0, 0.05) is 12.8 Å². The van der Waals surface area contributed by atoms with Crippen molar-refractivity contribution in [2.75, 3.05) is 19.8 Å². The van der Waals surface area contributed by atoms with Crippen molar-refractivity contribution in [3.05, 3.63) is 0 Å². The number of Topliss-reactive ketones (excluding diaryl/α,β-unsaturated/α-hetero) is 1. The molecule has 0 saturated carbocycles. The number of rotatable bonds is 29. The van der Waals surface area contributed by atoms with E-state index >= 15 is 0 Å². The molecule has 7 heteroatoms. The number of unbranched alkanes of at least 4 members (excludes halogenated alkanes) is 17. The van der Waals surface area contributed by atoms with E-state index in [1.165, 1.54) is 96.3 Å². The van der Waals surface area contributed by atoms with E-state index in [-0.39, 0.29) is 24.9 Å². The third-order valence-electron chi connectivity index (χ3n) is 6.95. The Morgan fingerprint density at radius 3 is 1.64 bits per heavy atom. The molecule has 0 aromatic heterocycles. The third kappa shape index (κ3) is 25.4. The van der Waals surface area contributed by atoms with Crippen molar-refractivity contribution in [3.8, 4) is 0 Å². The van der Waals surface area contributed by atoms with Crippen LogP contribution in [0, 0.1) is 5.92 Å². The lowest BCUT2D eigenvalue weighted by Crippen LogP contribution is -2.14. The average molecular weight is 534 g/mol. The molecule has 3 N–H and O–H groups in total. The summed E-state index contributed by atoms with van der Waals surface area (Å²) in [5, 5.41) is 0. The third-order valence-corrected chi connectivity index (χ3v) is 7.94. The summed E-state index contributed by atoms with van der Waals surface area (Å²) in [6.45, 7) is 4.91. The van der Waals surface area contributed by atoms with E-state index in [4.69, 9.17) is 14.8 Å². The van der Waals surface area contributed by atoms with Gasteiger partial charge in [-0.05, 0) is 31.7 Å². The van der Waals surface area contributed by atoms with Gasteiger partial charge in [-0.3, -0.25) is 13.8 Å². The molecule has 0 aliphatic rings. The number of hydrogen-bond acceptors (Lipinski definition) is 5. The van der Waals surface area contributed by atoms with Gasteiger partial charge in [0.05, 0.1) is 13.2 Å². The van der Waals surface area contributed by atoms with Crippen LogP contribution in [0.5, 0.6) is 0 Å². The number of ketones is 1. The number of carbonyl (C=O) groups excluding carboxylic acids is 1. The SMILES string of the molecule is CCCCCCCCCCCCCCCCCCCC(COP(=O)(O)OCCCCN)CC(=O)CC. The molecule has 0 aliphatic carbocycles. The van der Waals surface area contributed by atoms with Crippen molar-refractivity contribution in [2.45, 2.75) is 155 Å². The Balaban J connectivity index is 3.76. The molecular weight excluding hydrogens is 473 g/mol. The summed E-state index contributed by atoms with van der Waals surface area (Å²) in [7, 11) is -4.07. The molecule has 0 aliphatic heterocycles. The fraction of sp³-hybridized carbons (Fsp3) is 0.966. The maximum atomic E-state index is 12.1. The van der Waals surface area contributed by atoms with Crippen molar-refractivity contribution in [3.63, 3.8) is 0 Å². The Morgan fingerprint density at radius 2 is 1.19 bits per heavy atom. The van der Waals surface area contributed by atoms with Gasteiger partial charge >= 0.3 is 7.82 Å². The molecule has 6 nitrogen and oxygen atoms in total. The second-order valence-electron chi connectivity index (χ2n) is 10.5. The molecule has 36 heavy (non-hydrogen) atoms. The van der Waals surface area contributed by atoms with E-state index in [0.717, 1.165) is 25.7 Å². The van der Waals surface area contributed by atoms with Crippen LogP contribution in [-0.4, -0.2) is 30.4 Å². The van der Waals surface area contributed by atoms with Gasteiger partial charge in [-0.1, -0.05) is 123 Å². The van der Waals surface area contributed by atoms with E-state index in [1.807, 2.05) is 6.92 Å². The van der Waals surface area contributed by atoms with Crippen LogP contribution < -0.4 is 5.73 Å². The molecule has 2 atom stereocenters. The van der Waals surface area contributed by atoms with E-state index in [9.17, 15) is 14.3 Å². The summed E-state index contributed by atoms with van der Waals surface area (Å²) in [5.74, 6) is 0.147. The second kappa shape index (κ2) is 26.4. The van der Waals surface area contributed by atoms with Crippen LogP contribution in [0.3, 0.4) is 0 Å². The van der Waals surface area contributed by atoms with E-state index in [2.05, 4.69) is 6.92 Å². The van der Waals surface area contributed by atoms with Crippen molar-refractivity contribution >= 4 is 13.6 Å². The Morgan fingerprint density at radius 1 is 0.722 bits per heavy atom. The van der Waals surface area contributed by atoms with Gasteiger partial charge in [-0.25, -0.2) is 4.57 Å². The minimum absolute atomic E-state index is 0.0260. The molecule has 216 valence electrons. The van der Waals surface area contributed by atoms with Crippen molar-refractivity contribution in [2.24, 2.45) is 11.7 Å². The number of carbonyl (C=O) groups is 1. The minimum Gasteiger partial charge on any atom is -0.330 e. The molecule has 0 bridgehead atoms. The lowest BCUT2D eigenvalue weighted by atomic mass is 9.95. The zero-order valence-electron chi connectivity index (χ0n) is 23.9. The highest BCUT2D eigenvalue weighted by atomic mass is 31.2. The van der Waals surface area contributed by atoms with Crippen LogP contribution >= 0.6 is 7.82 Å². The molecule has 0 aromatic carbocycles. The number of nitrogens with two attached hydrogens (primary N) is 1. The molecule has 0 heterocycles. The first-order valence-corrected chi connectivity index (χ1v) is 16.8. The van der Waals surface area contributed by atoms with Crippen LogP contribution in [0.1, 0.15) is 155 Å². The first kappa shape index (κ1) is 35.7. The molecule has 0 spiro atoms. The predicted octanol–water partition coefficient (Wildman–Crippen LogP) is 8.89. The topological polar surface area (TPSA) is 98.8 Å². The standard InChI is InChI=1S/C29H60NO5P/c1-3-5-6-7-8-9-10-11-12-13-14-15-16-17-18-19-20-23-28(26-29(31)4-2)27-35-36(32,33)34-25-22-21-24-30/h28H,3-27,30H2,1-2H3,(H,32,33). The van der Waals surface area contributed by atoms with Crippen LogP contribution in [0.15, 0.2) is 0 Å². The number of hydrogen-bond donors (Lipinski definition) is 2. The van der Waals surface area contributed by atoms with Gasteiger partial charge in [0.25, 0.3) is 0 Å². The monoisotopic (exact) mass is 533 g/mol.